The van der Waals surface area contributed by atoms with E-state index < -0.39 is 12.2 Å². The van der Waals surface area contributed by atoms with Gasteiger partial charge >= 0.3 is 0 Å². The molecule has 1 aliphatic heterocycles. The Labute approximate surface area is 157 Å². The number of amides is 2. The van der Waals surface area contributed by atoms with Crippen molar-refractivity contribution < 1.29 is 19.1 Å². The molecule has 3 rings (SSSR count). The minimum absolute atomic E-state index is 0.0621. The zero-order chi connectivity index (χ0) is 19.6. The first-order chi connectivity index (χ1) is 12.9. The van der Waals surface area contributed by atoms with Crippen LogP contribution in [-0.2, 0) is 20.8 Å². The van der Waals surface area contributed by atoms with E-state index >= 15 is 0 Å². The average Bonchev–Trinajstić information content (AvgIpc) is 2.64. The Bertz CT molecular complexity index is 866. The summed E-state index contributed by atoms with van der Waals surface area (Å²) in [5, 5.41) is 0.776. The molecule has 2 amide bonds. The van der Waals surface area contributed by atoms with Crippen LogP contribution in [0.3, 0.4) is 0 Å². The Morgan fingerprint density at radius 3 is 2.67 bits per heavy atom. The molecule has 1 aliphatic rings. The van der Waals surface area contributed by atoms with Crippen LogP contribution in [0.25, 0.3) is 10.9 Å². The highest BCUT2D eigenvalue weighted by molar-refractivity contribution is 6.04. The monoisotopic (exact) mass is 372 g/mol. The van der Waals surface area contributed by atoms with Crippen molar-refractivity contribution in [2.24, 2.45) is 5.73 Å². The Kier molecular flexibility index (Phi) is 5.69. The molecule has 1 saturated heterocycles. The molecule has 0 bridgehead atoms. The lowest BCUT2D eigenvalue weighted by Gasteiger charge is -2.33. The highest BCUT2D eigenvalue weighted by atomic mass is 16.7. The zero-order valence-corrected chi connectivity index (χ0v) is 15.8. The summed E-state index contributed by atoms with van der Waals surface area (Å²) >= 11 is 0. The van der Waals surface area contributed by atoms with Crippen molar-refractivity contribution >= 4 is 22.7 Å². The van der Waals surface area contributed by atoms with Crippen molar-refractivity contribution in [2.45, 2.75) is 12.8 Å². The van der Waals surface area contributed by atoms with Crippen LogP contribution in [0.4, 0.5) is 0 Å². The number of hydrogen-bond acceptors (Lipinski definition) is 6. The molecule has 0 atom stereocenters. The smallest absolute Gasteiger partial charge is 0.250 e. The Morgan fingerprint density at radius 1 is 1.30 bits per heavy atom. The highest BCUT2D eigenvalue weighted by Gasteiger charge is 2.25. The largest absolute Gasteiger partial charge is 0.366 e. The molecule has 1 aromatic heterocycles. The molecular weight excluding hydrogens is 348 g/mol. The number of para-hydroxylation sites is 1. The lowest BCUT2D eigenvalue weighted by Crippen LogP contribution is -2.48. The first-order valence-corrected chi connectivity index (χ1v) is 8.68. The lowest BCUT2D eigenvalue weighted by molar-refractivity contribution is -0.136. The van der Waals surface area contributed by atoms with Crippen LogP contribution in [0.5, 0.6) is 0 Å². The fraction of sp³-hybridized carbons (Fsp3) is 0.421. The van der Waals surface area contributed by atoms with E-state index in [2.05, 4.69) is 4.98 Å². The number of rotatable bonds is 6. The third kappa shape index (κ3) is 3.92. The second-order valence-electron chi connectivity index (χ2n) is 6.63. The van der Waals surface area contributed by atoms with Crippen molar-refractivity contribution in [3.63, 3.8) is 0 Å². The van der Waals surface area contributed by atoms with Gasteiger partial charge in [0.05, 0.1) is 17.6 Å². The fourth-order valence-electron chi connectivity index (χ4n) is 3.30. The minimum atomic E-state index is -0.715. The standard InChI is InChI=1S/C19H24N4O4/c1-22-7-8-23(15(24)11-22)10-13-9-12-5-4-6-14(18(20)25)16(12)21-17(13)19(26-2)27-3/h4-6,9,19H,7-8,10-11H2,1-3H3,(H2,20,25). The van der Waals surface area contributed by atoms with Crippen LogP contribution in [0.15, 0.2) is 24.3 Å². The van der Waals surface area contributed by atoms with Crippen molar-refractivity contribution in [2.75, 3.05) is 40.9 Å². The number of primary amides is 1. The highest BCUT2D eigenvalue weighted by Crippen LogP contribution is 2.27. The molecule has 144 valence electrons. The molecule has 8 heteroatoms. The molecule has 27 heavy (non-hydrogen) atoms. The molecule has 2 aromatic rings. The summed E-state index contributed by atoms with van der Waals surface area (Å²) in [5.74, 6) is -0.487. The van der Waals surface area contributed by atoms with Gasteiger partial charge in [0.1, 0.15) is 5.69 Å². The number of nitrogens with zero attached hydrogens (tertiary/aromatic N) is 3. The van der Waals surface area contributed by atoms with Crippen molar-refractivity contribution in [3.8, 4) is 0 Å². The number of ether oxygens (including phenoxy) is 2. The minimum Gasteiger partial charge on any atom is -0.366 e. The predicted molar refractivity (Wildman–Crippen MR) is 99.9 cm³/mol. The summed E-state index contributed by atoms with van der Waals surface area (Å²) in [6.45, 7) is 2.24. The predicted octanol–water partition coefficient (Wildman–Crippen LogP) is 0.899. The van der Waals surface area contributed by atoms with Crippen LogP contribution in [-0.4, -0.2) is 67.5 Å². The number of methoxy groups -OCH3 is 2. The molecule has 2 N–H and O–H groups in total. The van der Waals surface area contributed by atoms with E-state index in [1.165, 1.54) is 14.2 Å². The van der Waals surface area contributed by atoms with Gasteiger partial charge in [-0.25, -0.2) is 4.98 Å². The number of carbonyl (C=O) groups is 2. The van der Waals surface area contributed by atoms with Gasteiger partial charge in [0.25, 0.3) is 5.91 Å². The normalized spacial score (nSPS) is 15.7. The number of likely N-dealkylation sites (N-methyl/N-ethyl adjacent to an activating group) is 1. The van der Waals surface area contributed by atoms with Crippen LogP contribution in [0.2, 0.25) is 0 Å². The third-order valence-electron chi connectivity index (χ3n) is 4.75. The van der Waals surface area contributed by atoms with E-state index in [1.54, 1.807) is 17.0 Å². The van der Waals surface area contributed by atoms with Gasteiger partial charge < -0.3 is 20.1 Å². The van der Waals surface area contributed by atoms with Crippen LogP contribution >= 0.6 is 0 Å². The van der Waals surface area contributed by atoms with E-state index in [4.69, 9.17) is 15.2 Å². The fourth-order valence-corrected chi connectivity index (χ4v) is 3.30. The van der Waals surface area contributed by atoms with Crippen molar-refractivity contribution in [3.05, 3.63) is 41.1 Å². The van der Waals surface area contributed by atoms with Crippen molar-refractivity contribution in [1.29, 1.82) is 0 Å². The number of piperazine rings is 1. The maximum Gasteiger partial charge on any atom is 0.250 e. The topological polar surface area (TPSA) is 98.0 Å². The molecule has 0 unspecified atom stereocenters. The van der Waals surface area contributed by atoms with Crippen molar-refractivity contribution in [1.82, 2.24) is 14.8 Å². The first kappa shape index (κ1) is 19.2. The first-order valence-electron chi connectivity index (χ1n) is 8.68. The summed E-state index contributed by atoms with van der Waals surface area (Å²) in [5.41, 5.74) is 7.67. The second kappa shape index (κ2) is 7.99. The van der Waals surface area contributed by atoms with Crippen LogP contribution in [0.1, 0.15) is 27.9 Å². The molecule has 0 spiro atoms. The summed E-state index contributed by atoms with van der Waals surface area (Å²) in [4.78, 5) is 32.6. The summed E-state index contributed by atoms with van der Waals surface area (Å²) in [6, 6.07) is 7.18. The quantitative estimate of drug-likeness (QED) is 0.757. The molecule has 1 fully saturated rings. The molecule has 2 heterocycles. The Morgan fingerprint density at radius 2 is 2.04 bits per heavy atom. The van der Waals surface area contributed by atoms with Gasteiger partial charge in [-0.05, 0) is 24.7 Å². The van der Waals surface area contributed by atoms with Crippen LogP contribution in [0, 0.1) is 0 Å². The molecule has 0 saturated carbocycles. The van der Waals surface area contributed by atoms with Gasteiger partial charge in [-0.3, -0.25) is 14.5 Å². The molecule has 0 aliphatic carbocycles. The molecule has 0 radical (unpaired) electrons. The maximum absolute atomic E-state index is 12.4. The summed E-state index contributed by atoms with van der Waals surface area (Å²) in [6.07, 6.45) is -0.715. The lowest BCUT2D eigenvalue weighted by atomic mass is 10.0. The van der Waals surface area contributed by atoms with E-state index in [-0.39, 0.29) is 5.91 Å². The third-order valence-corrected chi connectivity index (χ3v) is 4.75. The summed E-state index contributed by atoms with van der Waals surface area (Å²) < 4.78 is 10.8. The van der Waals surface area contributed by atoms with E-state index in [0.717, 1.165) is 17.5 Å². The van der Waals surface area contributed by atoms with E-state index in [0.29, 0.717) is 36.4 Å². The molecule has 1 aromatic carbocycles. The van der Waals surface area contributed by atoms with Gasteiger partial charge in [0.2, 0.25) is 12.2 Å². The van der Waals surface area contributed by atoms with Gasteiger partial charge in [0, 0.05) is 39.2 Å². The maximum atomic E-state index is 12.4. The SMILES string of the molecule is COC(OC)c1nc2c(C(N)=O)cccc2cc1CN1CCN(C)CC1=O. The van der Waals surface area contributed by atoms with Crippen LogP contribution < -0.4 is 5.73 Å². The molecule has 8 nitrogen and oxygen atoms in total. The van der Waals surface area contributed by atoms with E-state index in [9.17, 15) is 9.59 Å². The van der Waals surface area contributed by atoms with Gasteiger partial charge in [-0.15, -0.1) is 0 Å². The van der Waals surface area contributed by atoms with E-state index in [1.807, 2.05) is 24.1 Å². The number of carbonyl (C=O) groups excluding carboxylic acids is 2. The number of benzene rings is 1. The number of aromatic nitrogens is 1. The zero-order valence-electron chi connectivity index (χ0n) is 15.8. The van der Waals surface area contributed by atoms with Gasteiger partial charge in [-0.1, -0.05) is 12.1 Å². The number of fused-ring (bicyclic) bond motifs is 1. The average molecular weight is 372 g/mol. The molecular formula is C19H24N4O4. The number of pyridine rings is 1. The summed E-state index contributed by atoms with van der Waals surface area (Å²) in [7, 11) is 4.96. The van der Waals surface area contributed by atoms with Gasteiger partial charge in [-0.2, -0.15) is 0 Å². The Hall–Kier alpha value is -2.55. The Balaban J connectivity index is 2.08. The number of hydrogen-bond donors (Lipinski definition) is 1. The van der Waals surface area contributed by atoms with Gasteiger partial charge in [0.15, 0.2) is 0 Å². The number of nitrogens with two attached hydrogens (primary N) is 1. The second-order valence-corrected chi connectivity index (χ2v) is 6.63.